The predicted octanol–water partition coefficient (Wildman–Crippen LogP) is 3.22. The largest absolute Gasteiger partial charge is 0.370 e. The van der Waals surface area contributed by atoms with Gasteiger partial charge in [0.05, 0.1) is 17.9 Å². The van der Waals surface area contributed by atoms with Gasteiger partial charge >= 0.3 is 0 Å². The molecule has 31 heavy (non-hydrogen) atoms. The van der Waals surface area contributed by atoms with E-state index in [2.05, 4.69) is 39.3 Å². The zero-order chi connectivity index (χ0) is 22.4. The van der Waals surface area contributed by atoms with Gasteiger partial charge in [-0.2, -0.15) is 8.42 Å². The normalized spacial score (nSPS) is 19.4. The molecule has 2 aliphatic heterocycles. The van der Waals surface area contributed by atoms with Crippen LogP contribution in [0, 0.1) is 5.92 Å². The number of hydrogen-bond donors (Lipinski definition) is 2. The highest BCUT2D eigenvalue weighted by atomic mass is 32.2. The number of nitrogens with zero attached hydrogens (tertiary/aromatic N) is 2. The summed E-state index contributed by atoms with van der Waals surface area (Å²) in [4.78, 5) is 2.23. The van der Waals surface area contributed by atoms with Gasteiger partial charge in [-0.3, -0.25) is 4.72 Å². The first-order chi connectivity index (χ1) is 14.5. The van der Waals surface area contributed by atoms with Crippen molar-refractivity contribution in [1.29, 1.82) is 0 Å². The third-order valence-electron chi connectivity index (χ3n) is 5.41. The van der Waals surface area contributed by atoms with E-state index in [4.69, 9.17) is 0 Å². The lowest BCUT2D eigenvalue weighted by atomic mass is 10.00. The van der Waals surface area contributed by atoms with Gasteiger partial charge in [0, 0.05) is 24.5 Å². The second-order valence-electron chi connectivity index (χ2n) is 8.40. The van der Waals surface area contributed by atoms with E-state index in [0.29, 0.717) is 24.0 Å². The topological polar surface area (TPSA) is 108 Å². The van der Waals surface area contributed by atoms with Crippen LogP contribution < -0.4 is 14.9 Å². The lowest BCUT2D eigenvalue weighted by Gasteiger charge is -2.24. The lowest BCUT2D eigenvalue weighted by Crippen LogP contribution is -2.32. The third-order valence-corrected chi connectivity index (χ3v) is 7.34. The molecule has 0 radical (unpaired) electrons. The molecule has 1 unspecified atom stereocenters. The van der Waals surface area contributed by atoms with Crippen molar-refractivity contribution < 1.29 is 16.8 Å². The van der Waals surface area contributed by atoms with Crippen LogP contribution >= 0.6 is 0 Å². The Kier molecular flexibility index (Phi) is 5.47. The van der Waals surface area contributed by atoms with E-state index in [9.17, 15) is 16.8 Å². The quantitative estimate of drug-likeness (QED) is 0.682. The Labute approximate surface area is 183 Å². The Morgan fingerprint density at radius 1 is 1.23 bits per heavy atom. The summed E-state index contributed by atoms with van der Waals surface area (Å²) in [6, 6.07) is 12.4. The fourth-order valence-electron chi connectivity index (χ4n) is 3.95. The summed E-state index contributed by atoms with van der Waals surface area (Å²) in [5, 5.41) is 3.18. The summed E-state index contributed by atoms with van der Waals surface area (Å²) >= 11 is 0. The van der Waals surface area contributed by atoms with E-state index in [1.54, 1.807) is 6.07 Å². The van der Waals surface area contributed by atoms with Crippen LogP contribution in [-0.2, 0) is 20.0 Å². The van der Waals surface area contributed by atoms with E-state index in [1.165, 1.54) is 12.1 Å². The molecule has 2 aliphatic rings. The van der Waals surface area contributed by atoms with Crippen LogP contribution in [-0.4, -0.2) is 42.0 Å². The van der Waals surface area contributed by atoms with Crippen LogP contribution in [0.15, 0.2) is 51.8 Å². The van der Waals surface area contributed by atoms with Crippen molar-refractivity contribution >= 4 is 42.9 Å². The molecule has 1 atom stereocenters. The standard InChI is InChI=1S/C21H26N4O4S2/c1-14(2)10-11-25-13-17(16-6-4-5-7-19(16)25)21-22-18-9-8-15(23-30(3,26)27)12-20(18)31(28,29)24-21/h4-9,12,14,17,23H,10-11,13H2,1-3H3,(H,22,24). The molecule has 2 aromatic carbocycles. The number of sulfonamides is 2. The molecule has 0 amide bonds. The molecule has 8 nitrogen and oxygen atoms in total. The molecule has 0 saturated heterocycles. The van der Waals surface area contributed by atoms with Crippen LogP contribution in [0.1, 0.15) is 31.7 Å². The smallest absolute Gasteiger partial charge is 0.286 e. The molecule has 4 rings (SSSR count). The number of rotatable bonds is 6. The minimum absolute atomic E-state index is 0.0483. The van der Waals surface area contributed by atoms with Crippen molar-refractivity contribution in [3.8, 4) is 0 Å². The van der Waals surface area contributed by atoms with Gasteiger partial charge in [-0.15, -0.1) is 4.40 Å². The first-order valence-electron chi connectivity index (χ1n) is 10.1. The van der Waals surface area contributed by atoms with Gasteiger partial charge in [-0.05, 0) is 42.2 Å². The lowest BCUT2D eigenvalue weighted by molar-refractivity contribution is 0.576. The average Bonchev–Trinajstić information content (AvgIpc) is 3.04. The molecule has 0 fully saturated rings. The Morgan fingerprint density at radius 2 is 1.97 bits per heavy atom. The summed E-state index contributed by atoms with van der Waals surface area (Å²) in [7, 11) is -7.50. The third kappa shape index (κ3) is 4.54. The molecule has 2 heterocycles. The maximum atomic E-state index is 12.9. The molecule has 2 N–H and O–H groups in total. The number of nitrogens with one attached hydrogen (secondary N) is 2. The predicted molar refractivity (Wildman–Crippen MR) is 124 cm³/mol. The van der Waals surface area contributed by atoms with Crippen LogP contribution in [0.25, 0.3) is 0 Å². The Bertz CT molecular complexity index is 1250. The van der Waals surface area contributed by atoms with Gasteiger partial charge in [0.25, 0.3) is 10.0 Å². The van der Waals surface area contributed by atoms with Crippen molar-refractivity contribution in [2.24, 2.45) is 10.3 Å². The minimum Gasteiger partial charge on any atom is -0.370 e. The number of fused-ring (bicyclic) bond motifs is 2. The monoisotopic (exact) mass is 462 g/mol. The number of benzene rings is 2. The highest BCUT2D eigenvalue weighted by molar-refractivity contribution is 7.92. The molecule has 166 valence electrons. The maximum Gasteiger partial charge on any atom is 0.286 e. The van der Waals surface area contributed by atoms with Gasteiger partial charge in [0.1, 0.15) is 10.7 Å². The van der Waals surface area contributed by atoms with Crippen LogP contribution in [0.3, 0.4) is 0 Å². The molecule has 0 aromatic heterocycles. The SMILES string of the molecule is CC(C)CCN1CC(C2=NS(=O)(=O)c3cc(NS(C)(=O)=O)ccc3N2)c2ccccc21. The van der Waals surface area contributed by atoms with Crippen molar-refractivity contribution in [3.63, 3.8) is 0 Å². The molecule has 0 spiro atoms. The minimum atomic E-state index is -3.98. The van der Waals surface area contributed by atoms with Crippen molar-refractivity contribution in [1.82, 2.24) is 0 Å². The van der Waals surface area contributed by atoms with Gasteiger partial charge in [-0.25, -0.2) is 8.42 Å². The fourth-order valence-corrected chi connectivity index (χ4v) is 5.71. The maximum absolute atomic E-state index is 12.9. The Balaban J connectivity index is 1.67. The van der Waals surface area contributed by atoms with E-state index in [0.717, 1.165) is 30.5 Å². The molecule has 0 saturated carbocycles. The van der Waals surface area contributed by atoms with E-state index in [-0.39, 0.29) is 16.5 Å². The first kappa shape index (κ1) is 21.6. The number of amidine groups is 1. The molecular formula is C21H26N4O4S2. The number of anilines is 3. The molecule has 0 bridgehead atoms. The van der Waals surface area contributed by atoms with Gasteiger partial charge < -0.3 is 10.2 Å². The summed E-state index contributed by atoms with van der Waals surface area (Å²) in [6.45, 7) is 5.91. The molecule has 10 heteroatoms. The zero-order valence-corrected chi connectivity index (χ0v) is 19.3. The first-order valence-corrected chi connectivity index (χ1v) is 13.4. The van der Waals surface area contributed by atoms with Crippen molar-refractivity contribution in [3.05, 3.63) is 48.0 Å². The average molecular weight is 463 g/mol. The Hall–Kier alpha value is -2.59. The summed E-state index contributed by atoms with van der Waals surface area (Å²) in [6.07, 6.45) is 2.05. The molecular weight excluding hydrogens is 436 g/mol. The summed E-state index contributed by atoms with van der Waals surface area (Å²) in [5.74, 6) is 0.759. The van der Waals surface area contributed by atoms with Crippen molar-refractivity contribution in [2.75, 3.05) is 34.3 Å². The van der Waals surface area contributed by atoms with Gasteiger partial charge in [-0.1, -0.05) is 32.0 Å². The number of para-hydroxylation sites is 1. The van der Waals surface area contributed by atoms with Crippen LogP contribution in [0.5, 0.6) is 0 Å². The summed E-state index contributed by atoms with van der Waals surface area (Å²) < 4.78 is 55.3. The van der Waals surface area contributed by atoms with E-state index >= 15 is 0 Å². The van der Waals surface area contributed by atoms with E-state index < -0.39 is 20.0 Å². The zero-order valence-electron chi connectivity index (χ0n) is 17.7. The van der Waals surface area contributed by atoms with Gasteiger partial charge in [0.2, 0.25) is 10.0 Å². The number of hydrogen-bond acceptors (Lipinski definition) is 6. The molecule has 0 aliphatic carbocycles. The highest BCUT2D eigenvalue weighted by Crippen LogP contribution is 2.40. The molecule has 2 aromatic rings. The second-order valence-corrected chi connectivity index (χ2v) is 11.7. The van der Waals surface area contributed by atoms with Gasteiger partial charge in [0.15, 0.2) is 0 Å². The fraction of sp³-hybridized carbons (Fsp3) is 0.381. The van der Waals surface area contributed by atoms with Crippen LogP contribution in [0.2, 0.25) is 0 Å². The Morgan fingerprint density at radius 3 is 2.68 bits per heavy atom. The van der Waals surface area contributed by atoms with E-state index in [1.807, 2.05) is 18.2 Å². The summed E-state index contributed by atoms with van der Waals surface area (Å²) in [5.41, 5.74) is 2.72. The van der Waals surface area contributed by atoms with Crippen molar-refractivity contribution in [2.45, 2.75) is 31.1 Å². The van der Waals surface area contributed by atoms with Crippen LogP contribution in [0.4, 0.5) is 17.1 Å². The highest BCUT2D eigenvalue weighted by Gasteiger charge is 2.36. The second kappa shape index (κ2) is 7.83.